The second kappa shape index (κ2) is 8.27. The highest BCUT2D eigenvalue weighted by Gasteiger charge is 2.39. The first-order valence-corrected chi connectivity index (χ1v) is 8.69. The molecule has 1 aliphatic rings. The molecule has 3 rings (SSSR count). The van der Waals surface area contributed by atoms with Crippen LogP contribution in [0.4, 0.5) is 5.13 Å². The number of amides is 1. The van der Waals surface area contributed by atoms with E-state index < -0.39 is 5.41 Å². The zero-order valence-electron chi connectivity index (χ0n) is 13.0. The molecule has 24 heavy (non-hydrogen) atoms. The fourth-order valence-electron chi connectivity index (χ4n) is 2.63. The zero-order valence-corrected chi connectivity index (χ0v) is 15.3. The van der Waals surface area contributed by atoms with Gasteiger partial charge in [0.25, 0.3) is 0 Å². The number of rotatable bonds is 4. The minimum absolute atomic E-state index is 0. The third-order valence-electron chi connectivity index (χ3n) is 4.17. The van der Waals surface area contributed by atoms with Crippen molar-refractivity contribution >= 4 is 46.4 Å². The molecule has 0 bridgehead atoms. The molecule has 0 saturated carbocycles. The highest BCUT2D eigenvalue weighted by atomic mass is 35.5. The molecule has 1 aromatic carbocycles. The molecule has 130 valence electrons. The van der Waals surface area contributed by atoms with Crippen molar-refractivity contribution in [2.24, 2.45) is 11.1 Å². The molecule has 2 heterocycles. The number of nitrogens with one attached hydrogen (secondary N) is 1. The molecule has 1 saturated heterocycles. The lowest BCUT2D eigenvalue weighted by molar-refractivity contribution is -0.130. The molecule has 1 aromatic heterocycles. The van der Waals surface area contributed by atoms with Crippen LogP contribution in [0.1, 0.15) is 12.8 Å². The van der Waals surface area contributed by atoms with Gasteiger partial charge in [0.05, 0.1) is 11.1 Å². The van der Waals surface area contributed by atoms with Gasteiger partial charge in [-0.15, -0.1) is 23.7 Å². The monoisotopic (exact) mass is 387 g/mol. The lowest BCUT2D eigenvalue weighted by atomic mass is 9.79. The third kappa shape index (κ3) is 4.07. The van der Waals surface area contributed by atoms with E-state index in [0.29, 0.717) is 42.8 Å². The predicted octanol–water partition coefficient (Wildman–Crippen LogP) is 3.58. The van der Waals surface area contributed by atoms with Crippen LogP contribution in [-0.4, -0.2) is 30.6 Å². The second-order valence-electron chi connectivity index (χ2n) is 5.60. The standard InChI is InChI=1S/C16H18ClN3O2S.ClH/c17-12-3-1-2-11(8-12)13-9-23-15(19-13)20-14(21)16(10-18)4-6-22-7-5-16;/h1-3,8-9H,4-7,10,18H2,(H,19,20,21);1H. The lowest BCUT2D eigenvalue weighted by Crippen LogP contribution is -2.46. The highest BCUT2D eigenvalue weighted by Crippen LogP contribution is 2.32. The van der Waals surface area contributed by atoms with Crippen molar-refractivity contribution < 1.29 is 9.53 Å². The minimum Gasteiger partial charge on any atom is -0.381 e. The molecule has 1 fully saturated rings. The average Bonchev–Trinajstić information content (AvgIpc) is 3.04. The van der Waals surface area contributed by atoms with Crippen LogP contribution in [-0.2, 0) is 9.53 Å². The van der Waals surface area contributed by atoms with Gasteiger partial charge in [0.1, 0.15) is 0 Å². The topological polar surface area (TPSA) is 77.2 Å². The molecule has 3 N–H and O–H groups in total. The van der Waals surface area contributed by atoms with Gasteiger partial charge in [-0.05, 0) is 25.0 Å². The first-order valence-electron chi connectivity index (χ1n) is 7.44. The summed E-state index contributed by atoms with van der Waals surface area (Å²) in [4.78, 5) is 17.1. The first kappa shape index (κ1) is 19.1. The van der Waals surface area contributed by atoms with E-state index in [2.05, 4.69) is 10.3 Å². The molecule has 0 radical (unpaired) electrons. The number of nitrogens with zero attached hydrogens (tertiary/aromatic N) is 1. The number of halogens is 2. The molecule has 5 nitrogen and oxygen atoms in total. The van der Waals surface area contributed by atoms with Gasteiger partial charge in [0.15, 0.2) is 5.13 Å². The Labute approximate surface area is 156 Å². The molecular weight excluding hydrogens is 369 g/mol. The van der Waals surface area contributed by atoms with Crippen LogP contribution in [0, 0.1) is 5.41 Å². The fourth-order valence-corrected chi connectivity index (χ4v) is 3.53. The van der Waals surface area contributed by atoms with Crippen LogP contribution in [0.2, 0.25) is 5.02 Å². The Morgan fingerprint density at radius 3 is 2.83 bits per heavy atom. The Morgan fingerprint density at radius 1 is 1.42 bits per heavy atom. The van der Waals surface area contributed by atoms with Crippen LogP contribution >= 0.6 is 35.3 Å². The molecule has 2 aromatic rings. The Kier molecular flexibility index (Phi) is 6.60. The summed E-state index contributed by atoms with van der Waals surface area (Å²) >= 11 is 7.40. The number of ether oxygens (including phenoxy) is 1. The molecule has 1 amide bonds. The van der Waals surface area contributed by atoms with Crippen LogP contribution < -0.4 is 11.1 Å². The van der Waals surface area contributed by atoms with Gasteiger partial charge in [-0.3, -0.25) is 4.79 Å². The maximum Gasteiger partial charge on any atom is 0.233 e. The molecular formula is C16H19Cl2N3O2S. The van der Waals surface area contributed by atoms with Crippen molar-refractivity contribution in [3.63, 3.8) is 0 Å². The van der Waals surface area contributed by atoms with Crippen molar-refractivity contribution in [1.82, 2.24) is 4.98 Å². The number of nitrogens with two attached hydrogens (primary N) is 1. The number of anilines is 1. The van der Waals surface area contributed by atoms with E-state index in [0.717, 1.165) is 11.3 Å². The first-order chi connectivity index (χ1) is 11.1. The molecule has 1 aliphatic heterocycles. The summed E-state index contributed by atoms with van der Waals surface area (Å²) in [6.45, 7) is 1.45. The number of carbonyl (C=O) groups excluding carboxylic acids is 1. The van der Waals surface area contributed by atoms with Crippen molar-refractivity contribution in [3.05, 3.63) is 34.7 Å². The number of carbonyl (C=O) groups is 1. The summed E-state index contributed by atoms with van der Waals surface area (Å²) in [5.74, 6) is -0.0738. The van der Waals surface area contributed by atoms with E-state index in [-0.39, 0.29) is 18.3 Å². The number of hydrogen-bond acceptors (Lipinski definition) is 5. The lowest BCUT2D eigenvalue weighted by Gasteiger charge is -2.34. The van der Waals surface area contributed by atoms with Crippen molar-refractivity contribution in [2.45, 2.75) is 12.8 Å². The van der Waals surface area contributed by atoms with Crippen molar-refractivity contribution in [2.75, 3.05) is 25.1 Å². The highest BCUT2D eigenvalue weighted by molar-refractivity contribution is 7.14. The van der Waals surface area contributed by atoms with Gasteiger partial charge in [-0.2, -0.15) is 0 Å². The maximum atomic E-state index is 12.6. The Balaban J connectivity index is 0.00000208. The van der Waals surface area contributed by atoms with Crippen LogP contribution in [0.3, 0.4) is 0 Å². The van der Waals surface area contributed by atoms with E-state index in [1.165, 1.54) is 11.3 Å². The van der Waals surface area contributed by atoms with E-state index in [4.69, 9.17) is 22.1 Å². The smallest absolute Gasteiger partial charge is 0.233 e. The van der Waals surface area contributed by atoms with Gasteiger partial charge in [-0.1, -0.05) is 23.7 Å². The summed E-state index contributed by atoms with van der Waals surface area (Å²) in [7, 11) is 0. The van der Waals surface area contributed by atoms with E-state index in [1.54, 1.807) is 0 Å². The van der Waals surface area contributed by atoms with E-state index >= 15 is 0 Å². The van der Waals surface area contributed by atoms with Crippen LogP contribution in [0.5, 0.6) is 0 Å². The summed E-state index contributed by atoms with van der Waals surface area (Å²) in [5, 5.41) is 6.04. The predicted molar refractivity (Wildman–Crippen MR) is 100.0 cm³/mol. The molecule has 0 unspecified atom stereocenters. The largest absolute Gasteiger partial charge is 0.381 e. The Morgan fingerprint density at radius 2 is 2.17 bits per heavy atom. The summed E-state index contributed by atoms with van der Waals surface area (Å²) in [6, 6.07) is 7.48. The van der Waals surface area contributed by atoms with E-state index in [1.807, 2.05) is 29.6 Å². The fraction of sp³-hybridized carbons (Fsp3) is 0.375. The number of aromatic nitrogens is 1. The quantitative estimate of drug-likeness (QED) is 0.840. The van der Waals surface area contributed by atoms with E-state index in [9.17, 15) is 4.79 Å². The van der Waals surface area contributed by atoms with Gasteiger partial charge in [-0.25, -0.2) is 4.98 Å². The number of benzene rings is 1. The van der Waals surface area contributed by atoms with Crippen molar-refractivity contribution in [1.29, 1.82) is 0 Å². The van der Waals surface area contributed by atoms with Gasteiger partial charge < -0.3 is 15.8 Å². The summed E-state index contributed by atoms with van der Waals surface area (Å²) < 4.78 is 5.34. The third-order valence-corrected chi connectivity index (χ3v) is 5.16. The van der Waals surface area contributed by atoms with Crippen molar-refractivity contribution in [3.8, 4) is 11.3 Å². The van der Waals surface area contributed by atoms with Crippen LogP contribution in [0.25, 0.3) is 11.3 Å². The zero-order chi connectivity index (χ0) is 16.3. The number of hydrogen-bond donors (Lipinski definition) is 2. The minimum atomic E-state index is -0.555. The molecule has 8 heteroatoms. The number of thiazole rings is 1. The van der Waals surface area contributed by atoms with Gasteiger partial charge in [0.2, 0.25) is 5.91 Å². The van der Waals surface area contributed by atoms with Gasteiger partial charge >= 0.3 is 0 Å². The summed E-state index contributed by atoms with van der Waals surface area (Å²) in [6.07, 6.45) is 1.28. The molecule has 0 atom stereocenters. The normalized spacial score (nSPS) is 16.2. The molecule has 0 aliphatic carbocycles. The summed E-state index contributed by atoms with van der Waals surface area (Å²) in [5.41, 5.74) is 7.02. The maximum absolute atomic E-state index is 12.6. The van der Waals surface area contributed by atoms with Gasteiger partial charge in [0, 0.05) is 35.7 Å². The second-order valence-corrected chi connectivity index (χ2v) is 6.89. The molecule has 0 spiro atoms. The Hall–Kier alpha value is -1.18. The Bertz CT molecular complexity index is 702. The average molecular weight is 388 g/mol. The van der Waals surface area contributed by atoms with Crippen LogP contribution in [0.15, 0.2) is 29.6 Å². The SMILES string of the molecule is Cl.NCC1(C(=O)Nc2nc(-c3cccc(Cl)c3)cs2)CCOCC1.